The maximum absolute atomic E-state index is 2.46. The minimum Gasteiger partial charge on any atom is -0.327 e. The average Bonchev–Trinajstić information content (AvgIpc) is 1.91. The third kappa shape index (κ3) is 1.38. The summed E-state index contributed by atoms with van der Waals surface area (Å²) in [6.07, 6.45) is 2.87. The van der Waals surface area contributed by atoms with Crippen molar-refractivity contribution in [2.45, 2.75) is 12.8 Å². The van der Waals surface area contributed by atoms with Crippen LogP contribution >= 0.6 is 0 Å². The lowest BCUT2D eigenvalue weighted by molar-refractivity contribution is -0.951. The normalized spacial score (nSPS) is 33.2. The fourth-order valence-corrected chi connectivity index (χ4v) is 3.18. The summed E-state index contributed by atoms with van der Waals surface area (Å²) in [6, 6.07) is 0. The van der Waals surface area contributed by atoms with E-state index in [0.29, 0.717) is 0 Å². The average molecular weight is 169 g/mol. The number of piperidine rings is 1. The maximum atomic E-state index is 2.46. The van der Waals surface area contributed by atoms with Gasteiger partial charge in [0, 0.05) is 0 Å². The van der Waals surface area contributed by atoms with Gasteiger partial charge in [-0.15, -0.1) is 0 Å². The molecule has 0 aromatic rings. The van der Waals surface area contributed by atoms with Gasteiger partial charge in [0.1, 0.15) is 0 Å². The van der Waals surface area contributed by atoms with Gasteiger partial charge in [-0.05, 0) is 33.0 Å². The van der Waals surface area contributed by atoms with Gasteiger partial charge < -0.3 is 9.38 Å². The molecule has 70 valence electrons. The Labute approximate surface area is 75.7 Å². The highest BCUT2D eigenvalue weighted by atomic mass is 15.4. The van der Waals surface area contributed by atoms with Crippen LogP contribution in [-0.2, 0) is 0 Å². The Morgan fingerprint density at radius 1 is 1.08 bits per heavy atom. The minimum absolute atomic E-state index is 0.746. The van der Waals surface area contributed by atoms with Crippen LogP contribution in [0.25, 0.3) is 0 Å². The first-order valence-electron chi connectivity index (χ1n) is 5.02. The quantitative estimate of drug-likeness (QED) is 0.485. The van der Waals surface area contributed by atoms with E-state index in [4.69, 9.17) is 0 Å². The predicted molar refractivity (Wildman–Crippen MR) is 51.0 cm³/mol. The third-order valence-corrected chi connectivity index (χ3v) is 3.57. The lowest BCUT2D eigenvalue weighted by atomic mass is 9.71. The summed E-state index contributed by atoms with van der Waals surface area (Å²) < 4.78 is 1.25. The molecule has 1 spiro atoms. The van der Waals surface area contributed by atoms with Crippen LogP contribution in [0.15, 0.2) is 0 Å². The Balaban J connectivity index is 1.91. The molecule has 12 heavy (non-hydrogen) atoms. The molecule has 2 saturated heterocycles. The van der Waals surface area contributed by atoms with Crippen LogP contribution in [0.4, 0.5) is 0 Å². The Morgan fingerprint density at radius 2 is 1.58 bits per heavy atom. The smallest absolute Gasteiger partial charge is 0.0895 e. The van der Waals surface area contributed by atoms with Crippen LogP contribution in [0.5, 0.6) is 0 Å². The molecule has 0 aromatic carbocycles. The Bertz CT molecular complexity index is 168. The number of hydrogen-bond donors (Lipinski definition) is 0. The molecule has 2 rings (SSSR count). The van der Waals surface area contributed by atoms with Gasteiger partial charge in [-0.1, -0.05) is 0 Å². The van der Waals surface area contributed by atoms with E-state index in [1.54, 1.807) is 0 Å². The first-order valence-corrected chi connectivity index (χ1v) is 5.02. The number of likely N-dealkylation sites (tertiary alicyclic amines) is 2. The molecular weight excluding hydrogens is 148 g/mol. The summed E-state index contributed by atoms with van der Waals surface area (Å²) in [4.78, 5) is 2.46. The highest BCUT2D eigenvalue weighted by molar-refractivity contribution is 4.90. The highest BCUT2D eigenvalue weighted by Crippen LogP contribution is 2.42. The van der Waals surface area contributed by atoms with Crippen molar-refractivity contribution in [3.63, 3.8) is 0 Å². The first kappa shape index (κ1) is 8.52. The molecule has 0 bridgehead atoms. The van der Waals surface area contributed by atoms with Crippen LogP contribution in [0.3, 0.4) is 0 Å². The van der Waals surface area contributed by atoms with E-state index in [9.17, 15) is 0 Å². The van der Waals surface area contributed by atoms with Crippen LogP contribution in [-0.4, -0.2) is 56.7 Å². The third-order valence-electron chi connectivity index (χ3n) is 3.57. The number of nitrogens with zero attached hydrogens (tertiary/aromatic N) is 2. The summed E-state index contributed by atoms with van der Waals surface area (Å²) in [5, 5.41) is 0. The van der Waals surface area contributed by atoms with E-state index in [0.717, 1.165) is 5.41 Å². The SMILES string of the molecule is CN1CCC2(CC1)C[N+](C)(C)C2. The summed E-state index contributed by atoms with van der Waals surface area (Å²) in [5.74, 6) is 0. The molecule has 2 heterocycles. The van der Waals surface area contributed by atoms with Crippen LogP contribution < -0.4 is 0 Å². The first-order chi connectivity index (χ1) is 5.52. The lowest BCUT2D eigenvalue weighted by Gasteiger charge is -2.56. The fraction of sp³-hybridized carbons (Fsp3) is 1.00. The van der Waals surface area contributed by atoms with Crippen molar-refractivity contribution in [1.29, 1.82) is 0 Å². The van der Waals surface area contributed by atoms with Gasteiger partial charge >= 0.3 is 0 Å². The zero-order valence-electron chi connectivity index (χ0n) is 8.64. The molecule has 0 aromatic heterocycles. The van der Waals surface area contributed by atoms with Crippen molar-refractivity contribution in [1.82, 2.24) is 4.90 Å². The van der Waals surface area contributed by atoms with Gasteiger partial charge in [0.05, 0.1) is 32.6 Å². The molecule has 2 heteroatoms. The fourth-order valence-electron chi connectivity index (χ4n) is 3.18. The second kappa shape index (κ2) is 2.46. The van der Waals surface area contributed by atoms with E-state index in [1.807, 2.05) is 0 Å². The Morgan fingerprint density at radius 3 is 2.00 bits per heavy atom. The molecule has 0 unspecified atom stereocenters. The van der Waals surface area contributed by atoms with Crippen molar-refractivity contribution in [2.75, 3.05) is 47.3 Å². The molecule has 0 amide bonds. The van der Waals surface area contributed by atoms with Gasteiger partial charge in [-0.3, -0.25) is 0 Å². The van der Waals surface area contributed by atoms with Gasteiger partial charge in [0.2, 0.25) is 0 Å². The van der Waals surface area contributed by atoms with Gasteiger partial charge in [-0.25, -0.2) is 0 Å². The minimum atomic E-state index is 0.746. The van der Waals surface area contributed by atoms with E-state index in [2.05, 4.69) is 26.0 Å². The zero-order valence-corrected chi connectivity index (χ0v) is 8.64. The molecule has 2 aliphatic heterocycles. The number of hydrogen-bond acceptors (Lipinski definition) is 1. The van der Waals surface area contributed by atoms with Crippen molar-refractivity contribution < 1.29 is 4.48 Å². The summed E-state index contributed by atoms with van der Waals surface area (Å²) in [6.45, 7) is 5.47. The molecule has 0 saturated carbocycles. The number of rotatable bonds is 0. The second-order valence-electron chi connectivity index (χ2n) is 5.56. The van der Waals surface area contributed by atoms with Crippen LogP contribution in [0, 0.1) is 5.41 Å². The summed E-state index contributed by atoms with van der Waals surface area (Å²) in [5.41, 5.74) is 0.746. The van der Waals surface area contributed by atoms with E-state index < -0.39 is 0 Å². The molecule has 2 fully saturated rings. The largest absolute Gasteiger partial charge is 0.327 e. The maximum Gasteiger partial charge on any atom is 0.0895 e. The molecule has 0 N–H and O–H groups in total. The van der Waals surface area contributed by atoms with E-state index in [-0.39, 0.29) is 0 Å². The monoisotopic (exact) mass is 169 g/mol. The van der Waals surface area contributed by atoms with Crippen LogP contribution in [0.2, 0.25) is 0 Å². The predicted octanol–water partition coefficient (Wildman–Crippen LogP) is 0.788. The lowest BCUT2D eigenvalue weighted by Crippen LogP contribution is -2.67. The van der Waals surface area contributed by atoms with Gasteiger partial charge in [0.15, 0.2) is 0 Å². The molecule has 2 aliphatic rings. The second-order valence-corrected chi connectivity index (χ2v) is 5.56. The Kier molecular flexibility index (Phi) is 1.74. The highest BCUT2D eigenvalue weighted by Gasteiger charge is 2.51. The van der Waals surface area contributed by atoms with E-state index in [1.165, 1.54) is 43.5 Å². The van der Waals surface area contributed by atoms with Crippen molar-refractivity contribution in [3.05, 3.63) is 0 Å². The van der Waals surface area contributed by atoms with Crippen molar-refractivity contribution >= 4 is 0 Å². The zero-order chi connectivity index (χ0) is 8.82. The molecule has 2 nitrogen and oxygen atoms in total. The topological polar surface area (TPSA) is 3.24 Å². The van der Waals surface area contributed by atoms with Gasteiger partial charge in [0.25, 0.3) is 0 Å². The van der Waals surface area contributed by atoms with Crippen molar-refractivity contribution in [3.8, 4) is 0 Å². The van der Waals surface area contributed by atoms with Crippen LogP contribution in [0.1, 0.15) is 12.8 Å². The summed E-state index contributed by atoms with van der Waals surface area (Å²) >= 11 is 0. The number of quaternary nitrogens is 1. The van der Waals surface area contributed by atoms with Crippen molar-refractivity contribution in [2.24, 2.45) is 5.41 Å². The Hall–Kier alpha value is -0.0800. The molecular formula is C10H21N2+. The molecule has 0 atom stereocenters. The van der Waals surface area contributed by atoms with Gasteiger partial charge in [-0.2, -0.15) is 0 Å². The summed E-state index contributed by atoms with van der Waals surface area (Å²) in [7, 11) is 6.94. The van der Waals surface area contributed by atoms with E-state index >= 15 is 0 Å². The molecule has 0 radical (unpaired) electrons. The standard InChI is InChI=1S/C10H21N2/c1-11-6-4-10(5-7-11)8-12(2,3)9-10/h4-9H2,1-3H3/q+1. The molecule has 0 aliphatic carbocycles.